The maximum atomic E-state index is 13.6. The number of halogens is 2. The highest BCUT2D eigenvalue weighted by Crippen LogP contribution is 2.43. The Morgan fingerprint density at radius 2 is 1.95 bits per heavy atom. The van der Waals surface area contributed by atoms with Gasteiger partial charge in [0.15, 0.2) is 0 Å². The van der Waals surface area contributed by atoms with Crippen molar-refractivity contribution in [3.63, 3.8) is 0 Å². The van der Waals surface area contributed by atoms with Crippen LogP contribution in [0.5, 0.6) is 0 Å². The molecular formula is C14H16F2N2O3. The van der Waals surface area contributed by atoms with Crippen molar-refractivity contribution in [2.24, 2.45) is 11.1 Å². The molecule has 0 spiro atoms. The highest BCUT2D eigenvalue weighted by atomic mass is 19.1. The Bertz CT molecular complexity index is 580. The number of carbonyl (C=O) groups is 2. The first-order valence-electron chi connectivity index (χ1n) is 6.59. The number of carbonyl (C=O) groups excluding carboxylic acids is 1. The molecule has 1 aliphatic carbocycles. The number of benzene rings is 1. The summed E-state index contributed by atoms with van der Waals surface area (Å²) in [5.41, 5.74) is 4.36. The van der Waals surface area contributed by atoms with E-state index in [0.29, 0.717) is 12.6 Å². The molecule has 114 valence electrons. The lowest BCUT2D eigenvalue weighted by Crippen LogP contribution is -2.40. The second kappa shape index (κ2) is 5.77. The largest absolute Gasteiger partial charge is 0.478 e. The number of aromatic carboxylic acids is 1. The van der Waals surface area contributed by atoms with Gasteiger partial charge in [0.25, 0.3) is 0 Å². The van der Waals surface area contributed by atoms with Crippen LogP contribution in [0.15, 0.2) is 12.1 Å². The summed E-state index contributed by atoms with van der Waals surface area (Å²) < 4.78 is 26.9. The Morgan fingerprint density at radius 1 is 1.29 bits per heavy atom. The Morgan fingerprint density at radius 3 is 2.43 bits per heavy atom. The lowest BCUT2D eigenvalue weighted by Gasteiger charge is -2.40. The van der Waals surface area contributed by atoms with Crippen molar-refractivity contribution >= 4 is 17.6 Å². The van der Waals surface area contributed by atoms with Crippen molar-refractivity contribution in [1.29, 1.82) is 0 Å². The summed E-state index contributed by atoms with van der Waals surface area (Å²) in [6, 6.07) is 1.22. The third kappa shape index (κ3) is 3.18. The monoisotopic (exact) mass is 298 g/mol. The third-order valence-corrected chi connectivity index (χ3v) is 3.94. The van der Waals surface area contributed by atoms with Crippen molar-refractivity contribution in [3.05, 3.63) is 29.3 Å². The molecule has 1 amide bonds. The minimum absolute atomic E-state index is 0.142. The molecule has 1 aliphatic rings. The summed E-state index contributed by atoms with van der Waals surface area (Å²) in [5, 5.41) is 11.1. The van der Waals surface area contributed by atoms with E-state index < -0.39 is 29.1 Å². The highest BCUT2D eigenvalue weighted by Gasteiger charge is 2.37. The van der Waals surface area contributed by atoms with Gasteiger partial charge in [-0.1, -0.05) is 6.42 Å². The zero-order chi connectivity index (χ0) is 15.6. The normalized spacial score (nSPS) is 16.1. The molecule has 1 fully saturated rings. The summed E-state index contributed by atoms with van der Waals surface area (Å²) in [7, 11) is 0. The first-order valence-corrected chi connectivity index (χ1v) is 6.59. The van der Waals surface area contributed by atoms with Crippen molar-refractivity contribution < 1.29 is 23.5 Å². The number of rotatable bonds is 5. The Balaban J connectivity index is 2.13. The topological polar surface area (TPSA) is 92.4 Å². The van der Waals surface area contributed by atoms with E-state index in [2.05, 4.69) is 5.32 Å². The molecule has 5 nitrogen and oxygen atoms in total. The van der Waals surface area contributed by atoms with Crippen molar-refractivity contribution in [2.75, 3.05) is 11.9 Å². The molecule has 0 radical (unpaired) electrons. The molecule has 0 saturated heterocycles. The molecule has 1 aromatic rings. The summed E-state index contributed by atoms with van der Waals surface area (Å²) in [5.74, 6) is -4.18. The molecule has 1 aromatic carbocycles. The average Bonchev–Trinajstić information content (AvgIpc) is 2.36. The molecule has 2 rings (SSSR count). The average molecular weight is 298 g/mol. The molecule has 0 bridgehead atoms. The molecule has 4 N–H and O–H groups in total. The molecular weight excluding hydrogens is 282 g/mol. The van der Waals surface area contributed by atoms with Gasteiger partial charge in [0.1, 0.15) is 11.6 Å². The van der Waals surface area contributed by atoms with Gasteiger partial charge in [0, 0.05) is 12.5 Å². The van der Waals surface area contributed by atoms with Crippen LogP contribution in [0.1, 0.15) is 36.0 Å². The van der Waals surface area contributed by atoms with Crippen LogP contribution in [-0.4, -0.2) is 23.5 Å². The number of carboxylic acids is 1. The summed E-state index contributed by atoms with van der Waals surface area (Å²) in [6.07, 6.45) is 2.81. The van der Waals surface area contributed by atoms with Crippen LogP contribution in [0.3, 0.4) is 0 Å². The molecule has 1 saturated carbocycles. The molecule has 0 aliphatic heterocycles. The van der Waals surface area contributed by atoms with Gasteiger partial charge in [-0.3, -0.25) is 4.79 Å². The predicted molar refractivity (Wildman–Crippen MR) is 71.9 cm³/mol. The van der Waals surface area contributed by atoms with Gasteiger partial charge in [0.05, 0.1) is 11.3 Å². The van der Waals surface area contributed by atoms with E-state index in [4.69, 9.17) is 10.8 Å². The number of nitrogens with two attached hydrogens (primary N) is 1. The molecule has 0 atom stereocenters. The maximum absolute atomic E-state index is 13.6. The minimum Gasteiger partial charge on any atom is -0.478 e. The Hall–Kier alpha value is -2.02. The second-order valence-electron chi connectivity index (χ2n) is 5.40. The van der Waals surface area contributed by atoms with Crippen LogP contribution in [0, 0.1) is 17.0 Å². The quantitative estimate of drug-likeness (QED) is 0.776. The summed E-state index contributed by atoms with van der Waals surface area (Å²) >= 11 is 0. The van der Waals surface area contributed by atoms with Crippen LogP contribution in [-0.2, 0) is 4.79 Å². The van der Waals surface area contributed by atoms with E-state index in [-0.39, 0.29) is 17.5 Å². The minimum atomic E-state index is -1.53. The molecule has 7 heteroatoms. The van der Waals surface area contributed by atoms with Crippen LogP contribution in [0.4, 0.5) is 14.5 Å². The lowest BCUT2D eigenvalue weighted by atomic mass is 9.66. The van der Waals surface area contributed by atoms with E-state index >= 15 is 0 Å². The van der Waals surface area contributed by atoms with Crippen LogP contribution in [0.25, 0.3) is 0 Å². The van der Waals surface area contributed by atoms with E-state index in [0.717, 1.165) is 25.3 Å². The van der Waals surface area contributed by atoms with E-state index in [9.17, 15) is 18.4 Å². The number of anilines is 1. The fraction of sp³-hybridized carbons (Fsp3) is 0.429. The van der Waals surface area contributed by atoms with Gasteiger partial charge in [-0.15, -0.1) is 0 Å². The highest BCUT2D eigenvalue weighted by molar-refractivity contribution is 5.94. The number of nitrogens with one attached hydrogen (secondary N) is 1. The third-order valence-electron chi connectivity index (χ3n) is 3.94. The number of hydrogen-bond acceptors (Lipinski definition) is 3. The lowest BCUT2D eigenvalue weighted by molar-refractivity contribution is -0.119. The van der Waals surface area contributed by atoms with Gasteiger partial charge in [-0.05, 0) is 30.9 Å². The zero-order valence-electron chi connectivity index (χ0n) is 11.3. The summed E-state index contributed by atoms with van der Waals surface area (Å²) in [4.78, 5) is 22.7. The number of hydrogen-bond donors (Lipinski definition) is 3. The van der Waals surface area contributed by atoms with Crippen molar-refractivity contribution in [3.8, 4) is 0 Å². The van der Waals surface area contributed by atoms with E-state index in [1.165, 1.54) is 0 Å². The first-order chi connectivity index (χ1) is 9.87. The van der Waals surface area contributed by atoms with Gasteiger partial charge < -0.3 is 16.2 Å². The fourth-order valence-electron chi connectivity index (χ4n) is 2.47. The van der Waals surface area contributed by atoms with Crippen LogP contribution < -0.4 is 11.1 Å². The van der Waals surface area contributed by atoms with Gasteiger partial charge in [0.2, 0.25) is 5.91 Å². The van der Waals surface area contributed by atoms with Crippen molar-refractivity contribution in [2.45, 2.75) is 25.7 Å². The predicted octanol–water partition coefficient (Wildman–Crippen LogP) is 2.12. The number of amides is 1. The molecule has 0 aromatic heterocycles. The van der Waals surface area contributed by atoms with Crippen LogP contribution >= 0.6 is 0 Å². The maximum Gasteiger partial charge on any atom is 0.338 e. The SMILES string of the molecule is NCC1(CC(=O)Nc2cc(C(=O)O)c(F)cc2F)CCC1. The summed E-state index contributed by atoms with van der Waals surface area (Å²) in [6.45, 7) is 0.368. The second-order valence-corrected chi connectivity index (χ2v) is 5.40. The van der Waals surface area contributed by atoms with Crippen LogP contribution in [0.2, 0.25) is 0 Å². The van der Waals surface area contributed by atoms with E-state index in [1.807, 2.05) is 0 Å². The van der Waals surface area contributed by atoms with Gasteiger partial charge in [-0.2, -0.15) is 0 Å². The van der Waals surface area contributed by atoms with E-state index in [1.54, 1.807) is 0 Å². The smallest absolute Gasteiger partial charge is 0.338 e. The van der Waals surface area contributed by atoms with Crippen molar-refractivity contribution in [1.82, 2.24) is 0 Å². The molecule has 0 unspecified atom stereocenters. The first kappa shape index (κ1) is 15.4. The standard InChI is InChI=1S/C14H16F2N2O3/c15-9-5-10(16)11(4-8(9)13(20)21)18-12(19)6-14(7-17)2-1-3-14/h4-5H,1-3,6-7,17H2,(H,18,19)(H,20,21). The Labute approximate surface area is 120 Å². The zero-order valence-corrected chi connectivity index (χ0v) is 11.3. The molecule has 0 heterocycles. The molecule has 21 heavy (non-hydrogen) atoms. The van der Waals surface area contributed by atoms with Gasteiger partial charge >= 0.3 is 5.97 Å². The Kier molecular flexibility index (Phi) is 4.22. The fourth-order valence-corrected chi connectivity index (χ4v) is 2.47. The number of carboxylic acid groups (broad SMARTS) is 1. The van der Waals surface area contributed by atoms with Gasteiger partial charge in [-0.25, -0.2) is 13.6 Å².